The van der Waals surface area contributed by atoms with E-state index in [1.807, 2.05) is 55.5 Å². The lowest BCUT2D eigenvalue weighted by atomic mass is 10.1. The van der Waals surface area contributed by atoms with Crippen LogP contribution in [0.5, 0.6) is 0 Å². The molecule has 0 aliphatic carbocycles. The average molecular weight is 346 g/mol. The first-order valence-electron chi connectivity index (χ1n) is 8.26. The molecule has 130 valence electrons. The Labute approximate surface area is 150 Å². The minimum atomic E-state index is -0.0993. The lowest BCUT2D eigenvalue weighted by Crippen LogP contribution is -2.40. The molecule has 6 heteroatoms. The number of azo groups is 1. The molecule has 0 saturated heterocycles. The molecule has 2 heterocycles. The number of rotatable bonds is 2. The van der Waals surface area contributed by atoms with E-state index in [1.165, 1.54) is 0 Å². The van der Waals surface area contributed by atoms with Crippen LogP contribution in [0.25, 0.3) is 21.9 Å². The molecule has 0 unspecified atom stereocenters. The number of carbonyl (C=O) groups excluding carboxylic acids is 1. The highest BCUT2D eigenvalue weighted by Crippen LogP contribution is 2.31. The second-order valence-electron chi connectivity index (χ2n) is 6.23. The van der Waals surface area contributed by atoms with Gasteiger partial charge in [-0.25, -0.2) is 4.79 Å². The summed E-state index contributed by atoms with van der Waals surface area (Å²) in [5.41, 5.74) is 3.96. The Hall–Kier alpha value is -3.41. The Balaban J connectivity index is 1.66. The van der Waals surface area contributed by atoms with Crippen LogP contribution in [0.15, 0.2) is 80.8 Å². The van der Waals surface area contributed by atoms with E-state index in [2.05, 4.69) is 10.2 Å². The summed E-state index contributed by atoms with van der Waals surface area (Å²) in [6.45, 7) is 1.88. The largest absolute Gasteiger partial charge is 0.456 e. The van der Waals surface area contributed by atoms with Crippen molar-refractivity contribution >= 4 is 33.7 Å². The topological polar surface area (TPSA) is 61.4 Å². The summed E-state index contributed by atoms with van der Waals surface area (Å²) in [4.78, 5) is 15.2. The van der Waals surface area contributed by atoms with Crippen LogP contribution in [-0.4, -0.2) is 29.9 Å². The van der Waals surface area contributed by atoms with Gasteiger partial charge in [0.25, 0.3) is 0 Å². The number of benzene rings is 2. The van der Waals surface area contributed by atoms with Gasteiger partial charge in [-0.05, 0) is 37.3 Å². The van der Waals surface area contributed by atoms with E-state index in [-0.39, 0.29) is 6.03 Å². The number of nitrogens with zero attached hydrogens (tertiary/aromatic N) is 4. The molecular weight excluding hydrogens is 328 g/mol. The van der Waals surface area contributed by atoms with Crippen LogP contribution in [0.4, 0.5) is 10.5 Å². The SMILES string of the molecule is CC1=CC(=CN=Nc2ccc3oc4ccccc4c3c2)N(C)C(=O)N1C. The van der Waals surface area contributed by atoms with E-state index in [4.69, 9.17) is 4.42 Å². The van der Waals surface area contributed by atoms with Crippen LogP contribution >= 0.6 is 0 Å². The van der Waals surface area contributed by atoms with Gasteiger partial charge in [-0.2, -0.15) is 10.2 Å². The molecule has 2 amide bonds. The van der Waals surface area contributed by atoms with Gasteiger partial charge in [-0.1, -0.05) is 18.2 Å². The number of para-hydroxylation sites is 1. The van der Waals surface area contributed by atoms with Crippen molar-refractivity contribution in [1.82, 2.24) is 9.80 Å². The molecular formula is C20H18N4O2. The molecule has 3 aromatic rings. The first-order chi connectivity index (χ1) is 12.5. The van der Waals surface area contributed by atoms with Crippen molar-refractivity contribution in [1.29, 1.82) is 0 Å². The number of hydrogen-bond donors (Lipinski definition) is 0. The third-order valence-corrected chi connectivity index (χ3v) is 4.57. The number of hydrogen-bond acceptors (Lipinski definition) is 4. The maximum atomic E-state index is 12.1. The lowest BCUT2D eigenvalue weighted by Gasteiger charge is -2.30. The van der Waals surface area contributed by atoms with Gasteiger partial charge in [-0.15, -0.1) is 0 Å². The second-order valence-corrected chi connectivity index (χ2v) is 6.23. The van der Waals surface area contributed by atoms with Crippen LogP contribution in [0.1, 0.15) is 6.92 Å². The van der Waals surface area contributed by atoms with Gasteiger partial charge in [0.1, 0.15) is 11.2 Å². The Kier molecular flexibility index (Phi) is 3.80. The number of amides is 2. The fourth-order valence-corrected chi connectivity index (χ4v) is 2.95. The molecule has 0 atom stereocenters. The van der Waals surface area contributed by atoms with Gasteiger partial charge in [-0.3, -0.25) is 4.90 Å². The zero-order valence-electron chi connectivity index (χ0n) is 14.8. The molecule has 26 heavy (non-hydrogen) atoms. The van der Waals surface area contributed by atoms with Crippen molar-refractivity contribution in [2.75, 3.05) is 14.1 Å². The highest BCUT2D eigenvalue weighted by molar-refractivity contribution is 6.05. The molecule has 0 radical (unpaired) electrons. The molecule has 0 bridgehead atoms. The zero-order valence-corrected chi connectivity index (χ0v) is 14.8. The number of furan rings is 1. The van der Waals surface area contributed by atoms with E-state index in [9.17, 15) is 4.79 Å². The molecule has 0 fully saturated rings. The van der Waals surface area contributed by atoms with Crippen LogP contribution < -0.4 is 0 Å². The predicted octanol–water partition coefficient (Wildman–Crippen LogP) is 5.41. The van der Waals surface area contributed by atoms with Gasteiger partial charge < -0.3 is 9.32 Å². The van der Waals surface area contributed by atoms with Crippen LogP contribution in [0.2, 0.25) is 0 Å². The number of urea groups is 1. The van der Waals surface area contributed by atoms with E-state index < -0.39 is 0 Å². The first-order valence-corrected chi connectivity index (χ1v) is 8.26. The summed E-state index contributed by atoms with van der Waals surface area (Å²) in [5.74, 6) is 0. The Morgan fingerprint density at radius 3 is 2.62 bits per heavy atom. The normalized spacial score (nSPS) is 17.1. The van der Waals surface area contributed by atoms with Gasteiger partial charge >= 0.3 is 6.03 Å². The highest BCUT2D eigenvalue weighted by Gasteiger charge is 2.22. The van der Waals surface area contributed by atoms with Crippen molar-refractivity contribution < 1.29 is 9.21 Å². The van der Waals surface area contributed by atoms with Crippen molar-refractivity contribution in [2.45, 2.75) is 6.92 Å². The number of likely N-dealkylation sites (N-methyl/N-ethyl adjacent to an activating group) is 1. The smallest absolute Gasteiger partial charge is 0.328 e. The second kappa shape index (κ2) is 6.15. The molecule has 4 rings (SSSR count). The van der Waals surface area contributed by atoms with Crippen molar-refractivity contribution in [3.05, 3.63) is 66.1 Å². The molecule has 2 aromatic carbocycles. The third-order valence-electron chi connectivity index (χ3n) is 4.57. The summed E-state index contributed by atoms with van der Waals surface area (Å²) >= 11 is 0. The van der Waals surface area contributed by atoms with Gasteiger partial charge in [0.05, 0.1) is 17.6 Å². The first kappa shape index (κ1) is 16.1. The van der Waals surface area contributed by atoms with Gasteiger partial charge in [0, 0.05) is 30.6 Å². The summed E-state index contributed by atoms with van der Waals surface area (Å²) in [6, 6.07) is 13.5. The fraction of sp³-hybridized carbons (Fsp3) is 0.150. The standard InChI is InChI=1S/C20H18N4O2/c1-13-10-15(24(3)20(25)23(13)2)12-21-22-14-8-9-19-17(11-14)16-6-4-5-7-18(16)26-19/h4-12H,1-3H3. The average Bonchev–Trinajstić information content (AvgIpc) is 3.02. The zero-order chi connectivity index (χ0) is 18.3. The summed E-state index contributed by atoms with van der Waals surface area (Å²) in [7, 11) is 3.46. The third kappa shape index (κ3) is 2.65. The molecule has 0 saturated carbocycles. The Morgan fingerprint density at radius 2 is 1.77 bits per heavy atom. The molecule has 0 spiro atoms. The van der Waals surface area contributed by atoms with Crippen molar-refractivity contribution in [3.63, 3.8) is 0 Å². The van der Waals surface area contributed by atoms with Crippen LogP contribution in [-0.2, 0) is 0 Å². The Morgan fingerprint density at radius 1 is 1.00 bits per heavy atom. The van der Waals surface area contributed by atoms with Crippen molar-refractivity contribution in [3.8, 4) is 0 Å². The highest BCUT2D eigenvalue weighted by atomic mass is 16.3. The summed E-state index contributed by atoms with van der Waals surface area (Å²) in [6.07, 6.45) is 3.49. The molecule has 1 aliphatic heterocycles. The quantitative estimate of drug-likeness (QED) is 0.582. The van der Waals surface area contributed by atoms with Crippen molar-refractivity contribution in [2.24, 2.45) is 10.2 Å². The van der Waals surface area contributed by atoms with Gasteiger partial charge in [0.15, 0.2) is 0 Å². The minimum Gasteiger partial charge on any atom is -0.456 e. The maximum absolute atomic E-state index is 12.1. The van der Waals surface area contributed by atoms with E-state index in [1.54, 1.807) is 30.1 Å². The molecule has 1 aromatic heterocycles. The summed E-state index contributed by atoms with van der Waals surface area (Å²) in [5, 5.41) is 10.5. The van der Waals surface area contributed by atoms with Crippen LogP contribution in [0.3, 0.4) is 0 Å². The number of allylic oxidation sites excluding steroid dienone is 2. The molecule has 6 nitrogen and oxygen atoms in total. The lowest BCUT2D eigenvalue weighted by molar-refractivity contribution is 0.191. The molecule has 0 N–H and O–H groups in total. The number of carbonyl (C=O) groups is 1. The fourth-order valence-electron chi connectivity index (χ4n) is 2.95. The Bertz CT molecular complexity index is 1110. The number of fused-ring (bicyclic) bond motifs is 3. The van der Waals surface area contributed by atoms with E-state index in [0.29, 0.717) is 5.70 Å². The van der Waals surface area contributed by atoms with E-state index in [0.717, 1.165) is 33.3 Å². The van der Waals surface area contributed by atoms with E-state index >= 15 is 0 Å². The molecule has 1 aliphatic rings. The summed E-state index contributed by atoms with van der Waals surface area (Å²) < 4.78 is 5.81. The van der Waals surface area contributed by atoms with Crippen LogP contribution in [0, 0.1) is 0 Å². The maximum Gasteiger partial charge on any atom is 0.328 e. The van der Waals surface area contributed by atoms with Gasteiger partial charge in [0.2, 0.25) is 0 Å². The minimum absolute atomic E-state index is 0.0993. The monoisotopic (exact) mass is 346 g/mol. The predicted molar refractivity (Wildman–Crippen MR) is 101 cm³/mol.